The number of nitrogens with two attached hydrogens (primary N) is 1. The Labute approximate surface area is 151 Å². The lowest BCUT2D eigenvalue weighted by Gasteiger charge is -2.08. The van der Waals surface area contributed by atoms with E-state index in [-0.39, 0.29) is 17.7 Å². The van der Waals surface area contributed by atoms with E-state index in [2.05, 4.69) is 16.0 Å². The Morgan fingerprint density at radius 3 is 2.00 bits per heavy atom. The van der Waals surface area contributed by atoms with Gasteiger partial charge in [0.1, 0.15) is 0 Å². The average molecular weight is 352 g/mol. The van der Waals surface area contributed by atoms with Crippen molar-refractivity contribution in [1.82, 2.24) is 5.32 Å². The van der Waals surface area contributed by atoms with E-state index in [1.165, 1.54) is 0 Å². The van der Waals surface area contributed by atoms with E-state index in [0.29, 0.717) is 23.5 Å². The van der Waals surface area contributed by atoms with Gasteiger partial charge in [-0.1, -0.05) is 12.1 Å². The molecular formula is C19H20N4O3. The molecule has 1 aliphatic rings. The zero-order chi connectivity index (χ0) is 18.5. The van der Waals surface area contributed by atoms with Crippen LogP contribution in [0.3, 0.4) is 0 Å². The Bertz CT molecular complexity index is 812. The van der Waals surface area contributed by atoms with Crippen molar-refractivity contribution < 1.29 is 14.4 Å². The smallest absolute Gasteiger partial charge is 0.312 e. The second kappa shape index (κ2) is 7.69. The number of carbonyl (C=O) groups is 3. The van der Waals surface area contributed by atoms with Crippen molar-refractivity contribution in [2.24, 2.45) is 11.7 Å². The van der Waals surface area contributed by atoms with Gasteiger partial charge < -0.3 is 21.7 Å². The fraction of sp³-hybridized carbons (Fsp3) is 0.211. The van der Waals surface area contributed by atoms with Gasteiger partial charge in [0.25, 0.3) is 5.91 Å². The standard InChI is InChI=1S/C19H20N4O3/c20-19(26)21-11-12-1-3-13(4-2-12)17(24)22-15-7-9-16(10-8-15)23-18(25)14-5-6-14/h1-4,7-10,14H,5-6,11H2,(H,22,24)(H,23,25)(H3,20,21,26). The highest BCUT2D eigenvalue weighted by Crippen LogP contribution is 2.30. The van der Waals surface area contributed by atoms with Gasteiger partial charge in [-0.05, 0) is 54.8 Å². The molecule has 7 heteroatoms. The normalized spacial score (nSPS) is 12.9. The molecule has 1 saturated carbocycles. The highest BCUT2D eigenvalue weighted by atomic mass is 16.2. The van der Waals surface area contributed by atoms with Gasteiger partial charge in [-0.2, -0.15) is 0 Å². The predicted molar refractivity (Wildman–Crippen MR) is 98.6 cm³/mol. The van der Waals surface area contributed by atoms with Gasteiger partial charge in [0.05, 0.1) is 0 Å². The summed E-state index contributed by atoms with van der Waals surface area (Å²) in [5.74, 6) is -0.0441. The van der Waals surface area contributed by atoms with Crippen LogP contribution in [-0.2, 0) is 11.3 Å². The van der Waals surface area contributed by atoms with Crippen LogP contribution in [0, 0.1) is 5.92 Å². The van der Waals surface area contributed by atoms with Crippen LogP contribution in [0.4, 0.5) is 16.2 Å². The van der Waals surface area contributed by atoms with Crippen molar-refractivity contribution in [3.63, 3.8) is 0 Å². The topological polar surface area (TPSA) is 113 Å². The Morgan fingerprint density at radius 2 is 1.46 bits per heavy atom. The van der Waals surface area contributed by atoms with E-state index < -0.39 is 6.03 Å². The lowest BCUT2D eigenvalue weighted by Crippen LogP contribution is -2.28. The molecule has 0 heterocycles. The fourth-order valence-electron chi connectivity index (χ4n) is 2.39. The van der Waals surface area contributed by atoms with Crippen LogP contribution in [0.25, 0.3) is 0 Å². The molecule has 5 N–H and O–H groups in total. The quantitative estimate of drug-likeness (QED) is 0.640. The van der Waals surface area contributed by atoms with Gasteiger partial charge in [0.15, 0.2) is 0 Å². The number of hydrogen-bond donors (Lipinski definition) is 4. The molecule has 0 aromatic heterocycles. The first kappa shape index (κ1) is 17.5. The fourth-order valence-corrected chi connectivity index (χ4v) is 2.39. The molecule has 3 rings (SSSR count). The number of rotatable bonds is 6. The molecule has 7 nitrogen and oxygen atoms in total. The SMILES string of the molecule is NC(=O)NCc1ccc(C(=O)Nc2ccc(NC(=O)C3CC3)cc2)cc1. The summed E-state index contributed by atoms with van der Waals surface area (Å²) in [5, 5.41) is 8.14. The van der Waals surface area contributed by atoms with Crippen LogP contribution in [0.5, 0.6) is 0 Å². The Kier molecular flexibility index (Phi) is 5.17. The Hall–Kier alpha value is -3.35. The highest BCUT2D eigenvalue weighted by molar-refractivity contribution is 6.04. The van der Waals surface area contributed by atoms with Crippen LogP contribution in [0.2, 0.25) is 0 Å². The predicted octanol–water partition coefficient (Wildman–Crippen LogP) is 2.46. The minimum absolute atomic E-state index is 0.0488. The summed E-state index contributed by atoms with van der Waals surface area (Å²) in [7, 11) is 0. The summed E-state index contributed by atoms with van der Waals surface area (Å²) in [6.07, 6.45) is 1.91. The van der Waals surface area contributed by atoms with E-state index in [1.807, 2.05) is 0 Å². The summed E-state index contributed by atoms with van der Waals surface area (Å²) >= 11 is 0. The third-order valence-corrected chi connectivity index (χ3v) is 4.04. The molecule has 0 saturated heterocycles. The van der Waals surface area contributed by atoms with Crippen molar-refractivity contribution in [2.75, 3.05) is 10.6 Å². The van der Waals surface area contributed by atoms with Crippen LogP contribution in [0.1, 0.15) is 28.8 Å². The molecule has 0 radical (unpaired) electrons. The number of primary amides is 1. The monoisotopic (exact) mass is 352 g/mol. The van der Waals surface area contributed by atoms with Gasteiger partial charge >= 0.3 is 6.03 Å². The molecular weight excluding hydrogens is 332 g/mol. The molecule has 134 valence electrons. The maximum Gasteiger partial charge on any atom is 0.312 e. The molecule has 0 unspecified atom stereocenters. The van der Waals surface area contributed by atoms with Gasteiger partial charge in [0, 0.05) is 29.4 Å². The zero-order valence-electron chi connectivity index (χ0n) is 14.1. The molecule has 0 atom stereocenters. The van der Waals surface area contributed by atoms with Crippen molar-refractivity contribution in [1.29, 1.82) is 0 Å². The summed E-state index contributed by atoms with van der Waals surface area (Å²) in [6, 6.07) is 13.3. The van der Waals surface area contributed by atoms with Gasteiger partial charge in [-0.15, -0.1) is 0 Å². The third-order valence-electron chi connectivity index (χ3n) is 4.04. The second-order valence-corrected chi connectivity index (χ2v) is 6.21. The van der Waals surface area contributed by atoms with E-state index in [1.54, 1.807) is 48.5 Å². The molecule has 0 spiro atoms. The van der Waals surface area contributed by atoms with Crippen LogP contribution in [0.15, 0.2) is 48.5 Å². The molecule has 0 bridgehead atoms. The lowest BCUT2D eigenvalue weighted by molar-refractivity contribution is -0.117. The van der Waals surface area contributed by atoms with E-state index in [9.17, 15) is 14.4 Å². The second-order valence-electron chi connectivity index (χ2n) is 6.21. The summed E-state index contributed by atoms with van der Waals surface area (Å²) in [6.45, 7) is 0.311. The van der Waals surface area contributed by atoms with Crippen LogP contribution >= 0.6 is 0 Å². The average Bonchev–Trinajstić information content (AvgIpc) is 3.47. The number of nitrogens with one attached hydrogen (secondary N) is 3. The van der Waals surface area contributed by atoms with Crippen molar-refractivity contribution in [3.05, 3.63) is 59.7 Å². The minimum atomic E-state index is -0.594. The van der Waals surface area contributed by atoms with Crippen molar-refractivity contribution >= 4 is 29.2 Å². The highest BCUT2D eigenvalue weighted by Gasteiger charge is 2.29. The first-order valence-electron chi connectivity index (χ1n) is 8.36. The van der Waals surface area contributed by atoms with Crippen molar-refractivity contribution in [2.45, 2.75) is 19.4 Å². The molecule has 2 aromatic carbocycles. The largest absolute Gasteiger partial charge is 0.352 e. The number of amides is 4. The van der Waals surface area contributed by atoms with Gasteiger partial charge in [0.2, 0.25) is 5.91 Å². The zero-order valence-corrected chi connectivity index (χ0v) is 14.1. The third kappa shape index (κ3) is 4.83. The number of urea groups is 1. The Balaban J connectivity index is 1.55. The Morgan fingerprint density at radius 1 is 0.885 bits per heavy atom. The molecule has 0 aliphatic heterocycles. The lowest BCUT2D eigenvalue weighted by atomic mass is 10.1. The number of anilines is 2. The summed E-state index contributed by atoms with van der Waals surface area (Å²) in [4.78, 5) is 34.7. The summed E-state index contributed by atoms with van der Waals surface area (Å²) in [5.41, 5.74) is 7.72. The molecule has 26 heavy (non-hydrogen) atoms. The maximum atomic E-state index is 12.3. The number of carbonyl (C=O) groups excluding carboxylic acids is 3. The molecule has 4 amide bonds. The summed E-state index contributed by atoms with van der Waals surface area (Å²) < 4.78 is 0. The molecule has 1 fully saturated rings. The van der Waals surface area contributed by atoms with Crippen LogP contribution in [-0.4, -0.2) is 17.8 Å². The molecule has 1 aliphatic carbocycles. The van der Waals surface area contributed by atoms with E-state index in [4.69, 9.17) is 5.73 Å². The van der Waals surface area contributed by atoms with E-state index >= 15 is 0 Å². The van der Waals surface area contributed by atoms with Crippen molar-refractivity contribution in [3.8, 4) is 0 Å². The number of hydrogen-bond acceptors (Lipinski definition) is 3. The first-order valence-corrected chi connectivity index (χ1v) is 8.36. The number of benzene rings is 2. The minimum Gasteiger partial charge on any atom is -0.352 e. The van der Waals surface area contributed by atoms with Gasteiger partial charge in [-0.3, -0.25) is 9.59 Å². The first-order chi connectivity index (χ1) is 12.5. The van der Waals surface area contributed by atoms with Crippen LogP contribution < -0.4 is 21.7 Å². The molecule has 2 aromatic rings. The van der Waals surface area contributed by atoms with Gasteiger partial charge in [-0.25, -0.2) is 4.79 Å². The maximum absolute atomic E-state index is 12.3. The van der Waals surface area contributed by atoms with E-state index in [0.717, 1.165) is 18.4 Å².